The molecule has 0 bridgehead atoms. The van der Waals surface area contributed by atoms with Gasteiger partial charge in [0.15, 0.2) is 5.76 Å². The van der Waals surface area contributed by atoms with Crippen molar-refractivity contribution in [1.82, 2.24) is 5.16 Å². The quantitative estimate of drug-likeness (QED) is 0.687. The molecule has 0 spiro atoms. The maximum Gasteiger partial charge on any atom is 0.156 e. The van der Waals surface area contributed by atoms with E-state index in [2.05, 4.69) is 5.16 Å². The Hall–Kier alpha value is -0.870. The average molecular weight is 168 g/mol. The fraction of sp³-hybridized carbons (Fsp3) is 0.625. The van der Waals surface area contributed by atoms with Crippen molar-refractivity contribution in [2.45, 2.75) is 25.0 Å². The van der Waals surface area contributed by atoms with Gasteiger partial charge in [0.2, 0.25) is 0 Å². The first-order valence-electron chi connectivity index (χ1n) is 4.13. The minimum Gasteiger partial charge on any atom is -0.391 e. The molecule has 1 aliphatic rings. The molecule has 1 heterocycles. The van der Waals surface area contributed by atoms with E-state index in [9.17, 15) is 5.11 Å². The number of aliphatic hydroxyl groups is 1. The van der Waals surface area contributed by atoms with Gasteiger partial charge in [-0.2, -0.15) is 0 Å². The van der Waals surface area contributed by atoms with E-state index in [1.165, 1.54) is 6.20 Å². The molecular weight excluding hydrogens is 156 g/mol. The fourth-order valence-corrected chi connectivity index (χ4v) is 1.30. The summed E-state index contributed by atoms with van der Waals surface area (Å²) in [6.07, 6.45) is 3.21. The molecule has 1 aromatic rings. The molecule has 0 saturated heterocycles. The molecule has 1 aromatic heterocycles. The molecule has 4 nitrogen and oxygen atoms in total. The largest absolute Gasteiger partial charge is 0.391 e. The van der Waals surface area contributed by atoms with Gasteiger partial charge in [-0.25, -0.2) is 0 Å². The Morgan fingerprint density at radius 2 is 2.42 bits per heavy atom. The Morgan fingerprint density at radius 3 is 2.92 bits per heavy atom. The molecule has 66 valence electrons. The molecule has 0 amide bonds. The van der Waals surface area contributed by atoms with Crippen LogP contribution >= 0.6 is 0 Å². The normalized spacial score (nSPS) is 22.2. The Bertz CT molecular complexity index is 244. The first-order valence-corrected chi connectivity index (χ1v) is 4.13. The highest BCUT2D eigenvalue weighted by Crippen LogP contribution is 2.36. The van der Waals surface area contributed by atoms with Crippen molar-refractivity contribution in [3.63, 3.8) is 0 Å². The van der Waals surface area contributed by atoms with E-state index >= 15 is 0 Å². The summed E-state index contributed by atoms with van der Waals surface area (Å²) < 4.78 is 4.86. The van der Waals surface area contributed by atoms with Crippen LogP contribution in [-0.2, 0) is 0 Å². The number of hydrogen-bond acceptors (Lipinski definition) is 4. The van der Waals surface area contributed by atoms with E-state index < -0.39 is 12.1 Å². The molecule has 3 N–H and O–H groups in total. The second kappa shape index (κ2) is 2.88. The predicted molar refractivity (Wildman–Crippen MR) is 42.2 cm³/mol. The summed E-state index contributed by atoms with van der Waals surface area (Å²) in [5, 5.41) is 13.2. The second-order valence-corrected chi connectivity index (χ2v) is 3.27. The SMILES string of the molecule is NC(c1ccno1)C(O)C1CC1. The average Bonchev–Trinajstić information content (AvgIpc) is 2.79. The lowest BCUT2D eigenvalue weighted by atomic mass is 10.1. The zero-order valence-corrected chi connectivity index (χ0v) is 6.68. The summed E-state index contributed by atoms with van der Waals surface area (Å²) >= 11 is 0. The zero-order valence-electron chi connectivity index (χ0n) is 6.68. The van der Waals surface area contributed by atoms with Crippen molar-refractivity contribution in [2.75, 3.05) is 0 Å². The molecular formula is C8H12N2O2. The van der Waals surface area contributed by atoms with Gasteiger partial charge >= 0.3 is 0 Å². The van der Waals surface area contributed by atoms with Crippen LogP contribution in [0.4, 0.5) is 0 Å². The van der Waals surface area contributed by atoms with Crippen molar-refractivity contribution in [3.05, 3.63) is 18.0 Å². The van der Waals surface area contributed by atoms with Crippen molar-refractivity contribution >= 4 is 0 Å². The van der Waals surface area contributed by atoms with E-state index in [1.54, 1.807) is 6.07 Å². The van der Waals surface area contributed by atoms with E-state index in [0.717, 1.165) is 12.8 Å². The van der Waals surface area contributed by atoms with Gasteiger partial charge in [-0.3, -0.25) is 0 Å². The molecule has 1 saturated carbocycles. The number of hydrogen-bond donors (Lipinski definition) is 2. The molecule has 2 unspecified atom stereocenters. The minimum absolute atomic E-state index is 0.366. The second-order valence-electron chi connectivity index (χ2n) is 3.27. The lowest BCUT2D eigenvalue weighted by molar-refractivity contribution is 0.110. The number of aromatic nitrogens is 1. The lowest BCUT2D eigenvalue weighted by Crippen LogP contribution is -2.27. The molecule has 0 aliphatic heterocycles. The van der Waals surface area contributed by atoms with Crippen LogP contribution in [0.2, 0.25) is 0 Å². The Labute approximate surface area is 70.3 Å². The van der Waals surface area contributed by atoms with E-state index in [0.29, 0.717) is 11.7 Å². The third kappa shape index (κ3) is 1.35. The van der Waals surface area contributed by atoms with Gasteiger partial charge in [0, 0.05) is 6.07 Å². The number of rotatable bonds is 3. The molecule has 0 aromatic carbocycles. The Balaban J connectivity index is 2.03. The van der Waals surface area contributed by atoms with Crippen LogP contribution in [0.15, 0.2) is 16.8 Å². The number of nitrogens with zero attached hydrogens (tertiary/aromatic N) is 1. The van der Waals surface area contributed by atoms with Gasteiger partial charge in [0.1, 0.15) is 0 Å². The summed E-state index contributed by atoms with van der Waals surface area (Å²) in [4.78, 5) is 0. The third-order valence-corrected chi connectivity index (χ3v) is 2.26. The maximum absolute atomic E-state index is 9.62. The molecule has 0 radical (unpaired) electrons. The molecule has 1 aliphatic carbocycles. The van der Waals surface area contributed by atoms with Crippen LogP contribution in [0.3, 0.4) is 0 Å². The van der Waals surface area contributed by atoms with Crippen LogP contribution in [0.1, 0.15) is 24.6 Å². The van der Waals surface area contributed by atoms with Gasteiger partial charge in [-0.15, -0.1) is 0 Å². The summed E-state index contributed by atoms with van der Waals surface area (Å²) in [7, 11) is 0. The highest BCUT2D eigenvalue weighted by molar-refractivity contribution is 5.04. The van der Waals surface area contributed by atoms with Crippen LogP contribution < -0.4 is 5.73 Å². The summed E-state index contributed by atoms with van der Waals surface area (Å²) in [5.74, 6) is 0.930. The van der Waals surface area contributed by atoms with Crippen LogP contribution in [0, 0.1) is 5.92 Å². The Morgan fingerprint density at radius 1 is 1.67 bits per heavy atom. The molecule has 12 heavy (non-hydrogen) atoms. The van der Waals surface area contributed by atoms with Gasteiger partial charge < -0.3 is 15.4 Å². The molecule has 1 fully saturated rings. The highest BCUT2D eigenvalue weighted by Gasteiger charge is 2.35. The number of aliphatic hydroxyl groups excluding tert-OH is 1. The predicted octanol–water partition coefficient (Wildman–Crippen LogP) is 0.445. The first kappa shape index (κ1) is 7.76. The standard InChI is InChI=1S/C8H12N2O2/c9-7(6-3-4-10-12-6)8(11)5-1-2-5/h3-5,7-8,11H,1-2,9H2. The van der Waals surface area contributed by atoms with E-state index in [-0.39, 0.29) is 0 Å². The lowest BCUT2D eigenvalue weighted by Gasteiger charge is -2.14. The van der Waals surface area contributed by atoms with Crippen LogP contribution in [-0.4, -0.2) is 16.4 Å². The Kier molecular flexibility index (Phi) is 1.86. The zero-order chi connectivity index (χ0) is 8.55. The van der Waals surface area contributed by atoms with Crippen LogP contribution in [0.25, 0.3) is 0 Å². The van der Waals surface area contributed by atoms with Crippen molar-refractivity contribution in [3.8, 4) is 0 Å². The summed E-state index contributed by atoms with van der Waals surface area (Å²) in [6, 6.07) is 1.27. The first-order chi connectivity index (χ1) is 5.79. The fourth-order valence-electron chi connectivity index (χ4n) is 1.30. The van der Waals surface area contributed by atoms with Gasteiger partial charge in [-0.1, -0.05) is 5.16 Å². The monoisotopic (exact) mass is 168 g/mol. The summed E-state index contributed by atoms with van der Waals surface area (Å²) in [6.45, 7) is 0. The maximum atomic E-state index is 9.62. The van der Waals surface area contributed by atoms with E-state index in [4.69, 9.17) is 10.3 Å². The van der Waals surface area contributed by atoms with Crippen molar-refractivity contribution in [2.24, 2.45) is 11.7 Å². The van der Waals surface area contributed by atoms with Gasteiger partial charge in [0.25, 0.3) is 0 Å². The van der Waals surface area contributed by atoms with E-state index in [1.807, 2.05) is 0 Å². The minimum atomic E-state index is -0.474. The molecule has 2 rings (SSSR count). The smallest absolute Gasteiger partial charge is 0.156 e. The number of nitrogens with two attached hydrogens (primary N) is 1. The van der Waals surface area contributed by atoms with Crippen molar-refractivity contribution < 1.29 is 9.63 Å². The highest BCUT2D eigenvalue weighted by atomic mass is 16.5. The molecule has 2 atom stereocenters. The van der Waals surface area contributed by atoms with Gasteiger partial charge in [-0.05, 0) is 18.8 Å². The summed E-state index contributed by atoms with van der Waals surface area (Å²) in [5.41, 5.74) is 5.74. The van der Waals surface area contributed by atoms with Crippen LogP contribution in [0.5, 0.6) is 0 Å². The topological polar surface area (TPSA) is 72.3 Å². The molecule has 4 heteroatoms. The van der Waals surface area contributed by atoms with Gasteiger partial charge in [0.05, 0.1) is 18.3 Å². The van der Waals surface area contributed by atoms with Crippen molar-refractivity contribution in [1.29, 1.82) is 0 Å². The third-order valence-electron chi connectivity index (χ3n) is 2.26.